The van der Waals surface area contributed by atoms with Crippen molar-refractivity contribution < 1.29 is 17.9 Å². The smallest absolute Gasteiger partial charge is 0.243 e. The minimum atomic E-state index is -3.69. The quantitative estimate of drug-likeness (QED) is 0.566. The number of hydrogen-bond acceptors (Lipinski definition) is 6. The number of fused-ring (bicyclic) bond motifs is 1. The summed E-state index contributed by atoms with van der Waals surface area (Å²) in [7, 11) is -3.69. The van der Waals surface area contributed by atoms with Crippen molar-refractivity contribution in [3.63, 3.8) is 0 Å². The number of nitrogens with zero attached hydrogens (tertiary/aromatic N) is 2. The van der Waals surface area contributed by atoms with Crippen molar-refractivity contribution >= 4 is 54.8 Å². The van der Waals surface area contributed by atoms with Crippen molar-refractivity contribution in [1.82, 2.24) is 8.68 Å². The first kappa shape index (κ1) is 22.0. The molecule has 1 fully saturated rings. The lowest BCUT2D eigenvalue weighted by atomic mass is 9.97. The van der Waals surface area contributed by atoms with Crippen LogP contribution in [0, 0.1) is 5.92 Å². The van der Waals surface area contributed by atoms with Crippen LogP contribution in [0.25, 0.3) is 10.1 Å². The SMILES string of the molecule is CCOc1ccc(S(=O)(=O)N2CCC(C(=O)Nc3ccc4sncc4c3)CC2)cc1Cl. The van der Waals surface area contributed by atoms with Crippen molar-refractivity contribution in [3.05, 3.63) is 47.6 Å². The Kier molecular flexibility index (Phi) is 6.47. The van der Waals surface area contributed by atoms with E-state index in [9.17, 15) is 13.2 Å². The fourth-order valence-corrected chi connectivity index (χ4v) is 6.04. The van der Waals surface area contributed by atoms with Gasteiger partial charge in [0.25, 0.3) is 0 Å². The van der Waals surface area contributed by atoms with Crippen molar-refractivity contribution in [2.75, 3.05) is 25.0 Å². The van der Waals surface area contributed by atoms with Crippen LogP contribution in [0.1, 0.15) is 19.8 Å². The van der Waals surface area contributed by atoms with E-state index in [2.05, 4.69) is 9.69 Å². The fraction of sp³-hybridized carbons (Fsp3) is 0.333. The molecule has 0 spiro atoms. The lowest BCUT2D eigenvalue weighted by molar-refractivity contribution is -0.120. The van der Waals surface area contributed by atoms with Crippen LogP contribution < -0.4 is 10.1 Å². The van der Waals surface area contributed by atoms with Crippen molar-refractivity contribution in [2.45, 2.75) is 24.7 Å². The first-order valence-corrected chi connectivity index (χ1v) is 12.6. The van der Waals surface area contributed by atoms with Gasteiger partial charge in [-0.3, -0.25) is 4.79 Å². The van der Waals surface area contributed by atoms with Gasteiger partial charge < -0.3 is 10.1 Å². The largest absolute Gasteiger partial charge is 0.492 e. The molecule has 0 bridgehead atoms. The molecular weight excluding hydrogens is 458 g/mol. The van der Waals surface area contributed by atoms with E-state index in [-0.39, 0.29) is 34.8 Å². The molecule has 1 aliphatic rings. The molecule has 4 rings (SSSR count). The molecule has 31 heavy (non-hydrogen) atoms. The number of carbonyl (C=O) groups is 1. The predicted molar refractivity (Wildman–Crippen MR) is 122 cm³/mol. The van der Waals surface area contributed by atoms with Gasteiger partial charge in [0.2, 0.25) is 15.9 Å². The number of rotatable bonds is 6. The standard InChI is InChI=1S/C21H22ClN3O4S2/c1-2-29-19-5-4-17(12-18(19)22)31(27,28)25-9-7-14(8-10-25)21(26)24-16-3-6-20-15(11-16)13-23-30-20/h3-6,11-14H,2,7-10H2,1H3,(H,24,26). The van der Waals surface area contributed by atoms with Crippen LogP contribution in [-0.4, -0.2) is 42.7 Å². The lowest BCUT2D eigenvalue weighted by Crippen LogP contribution is -2.41. The highest BCUT2D eigenvalue weighted by atomic mass is 35.5. The van der Waals surface area contributed by atoms with E-state index >= 15 is 0 Å². The number of halogens is 1. The van der Waals surface area contributed by atoms with Crippen LogP contribution >= 0.6 is 23.1 Å². The van der Waals surface area contributed by atoms with E-state index in [4.69, 9.17) is 16.3 Å². The molecule has 0 aliphatic carbocycles. The summed E-state index contributed by atoms with van der Waals surface area (Å²) in [4.78, 5) is 12.8. The Morgan fingerprint density at radius 3 is 2.74 bits per heavy atom. The van der Waals surface area contributed by atoms with Crippen molar-refractivity contribution in [3.8, 4) is 5.75 Å². The second-order valence-corrected chi connectivity index (χ2v) is 10.4. The minimum Gasteiger partial charge on any atom is -0.492 e. The van der Waals surface area contributed by atoms with E-state index < -0.39 is 10.0 Å². The Labute approximate surface area is 190 Å². The molecule has 1 saturated heterocycles. The number of ether oxygens (including phenoxy) is 1. The lowest BCUT2D eigenvalue weighted by Gasteiger charge is -2.30. The van der Waals surface area contributed by atoms with E-state index in [1.54, 1.807) is 12.3 Å². The second-order valence-electron chi connectivity index (χ2n) is 7.27. The molecule has 0 radical (unpaired) electrons. The fourth-order valence-electron chi connectivity index (χ4n) is 3.62. The average Bonchev–Trinajstić information content (AvgIpc) is 3.23. The number of hydrogen-bond donors (Lipinski definition) is 1. The van der Waals surface area contributed by atoms with Gasteiger partial charge in [0.15, 0.2) is 0 Å². The van der Waals surface area contributed by atoms with Gasteiger partial charge in [-0.15, -0.1) is 0 Å². The molecule has 1 amide bonds. The zero-order valence-electron chi connectivity index (χ0n) is 16.9. The normalized spacial score (nSPS) is 15.8. The summed E-state index contributed by atoms with van der Waals surface area (Å²) >= 11 is 7.57. The van der Waals surface area contributed by atoms with E-state index in [0.29, 0.717) is 25.2 Å². The van der Waals surface area contributed by atoms with Crippen molar-refractivity contribution in [1.29, 1.82) is 0 Å². The maximum absolute atomic E-state index is 13.0. The first-order valence-electron chi connectivity index (χ1n) is 9.96. The zero-order chi connectivity index (χ0) is 22.0. The topological polar surface area (TPSA) is 88.6 Å². The number of sulfonamides is 1. The highest BCUT2D eigenvalue weighted by Gasteiger charge is 2.32. The average molecular weight is 480 g/mol. The van der Waals surface area contributed by atoms with Crippen LogP contribution in [0.5, 0.6) is 5.75 Å². The molecule has 0 unspecified atom stereocenters. The molecule has 1 N–H and O–H groups in total. The molecule has 164 valence electrons. The number of amides is 1. The predicted octanol–water partition coefficient (Wildman–Crippen LogP) is 4.39. The molecule has 1 aromatic heterocycles. The highest BCUT2D eigenvalue weighted by molar-refractivity contribution is 7.89. The maximum atomic E-state index is 13.0. The Morgan fingerprint density at radius 1 is 1.26 bits per heavy atom. The van der Waals surface area contributed by atoms with Gasteiger partial charge in [-0.1, -0.05) is 11.6 Å². The van der Waals surface area contributed by atoms with Gasteiger partial charge in [0.05, 0.1) is 21.2 Å². The molecule has 10 heteroatoms. The molecule has 7 nitrogen and oxygen atoms in total. The number of benzene rings is 2. The Hall–Kier alpha value is -2.20. The van der Waals surface area contributed by atoms with Crippen LogP contribution in [0.3, 0.4) is 0 Å². The second kappa shape index (κ2) is 9.12. The summed E-state index contributed by atoms with van der Waals surface area (Å²) in [6, 6.07) is 10.2. The zero-order valence-corrected chi connectivity index (χ0v) is 19.3. The van der Waals surface area contributed by atoms with Gasteiger partial charge in [-0.2, -0.15) is 8.68 Å². The molecule has 0 saturated carbocycles. The molecule has 1 aliphatic heterocycles. The minimum absolute atomic E-state index is 0.0938. The van der Waals surface area contributed by atoms with E-state index in [0.717, 1.165) is 15.8 Å². The van der Waals surface area contributed by atoms with Crippen LogP contribution in [-0.2, 0) is 14.8 Å². The van der Waals surface area contributed by atoms with Crippen LogP contribution in [0.4, 0.5) is 5.69 Å². The Balaban J connectivity index is 1.39. The van der Waals surface area contributed by atoms with Gasteiger partial charge >= 0.3 is 0 Å². The number of aromatic nitrogens is 1. The van der Waals surface area contributed by atoms with Gasteiger partial charge in [0.1, 0.15) is 5.75 Å². The molecular formula is C21H22ClN3O4S2. The van der Waals surface area contributed by atoms with Gasteiger partial charge in [-0.05, 0) is 67.7 Å². The summed E-state index contributed by atoms with van der Waals surface area (Å²) in [6.07, 6.45) is 2.68. The third kappa shape index (κ3) is 4.69. The van der Waals surface area contributed by atoms with Crippen LogP contribution in [0.15, 0.2) is 47.5 Å². The van der Waals surface area contributed by atoms with Gasteiger partial charge in [0, 0.05) is 36.3 Å². The summed E-state index contributed by atoms with van der Waals surface area (Å²) < 4.78 is 38.0. The molecule has 0 atom stereocenters. The summed E-state index contributed by atoms with van der Waals surface area (Å²) in [5, 5.41) is 4.19. The monoisotopic (exact) mass is 479 g/mol. The number of nitrogens with one attached hydrogen (secondary N) is 1. The first-order chi connectivity index (χ1) is 14.9. The van der Waals surface area contributed by atoms with Crippen molar-refractivity contribution in [2.24, 2.45) is 5.92 Å². The Bertz CT molecular complexity index is 1200. The molecule has 2 aromatic carbocycles. The number of anilines is 1. The maximum Gasteiger partial charge on any atom is 0.243 e. The van der Waals surface area contributed by atoms with E-state index in [1.807, 2.05) is 25.1 Å². The van der Waals surface area contributed by atoms with Crippen LogP contribution in [0.2, 0.25) is 5.02 Å². The summed E-state index contributed by atoms with van der Waals surface area (Å²) in [5.74, 6) is 0.116. The summed E-state index contributed by atoms with van der Waals surface area (Å²) in [6.45, 7) is 2.83. The molecule has 3 aromatic rings. The highest BCUT2D eigenvalue weighted by Crippen LogP contribution is 2.31. The third-order valence-electron chi connectivity index (χ3n) is 5.29. The summed E-state index contributed by atoms with van der Waals surface area (Å²) in [5.41, 5.74) is 0.719. The number of carbonyl (C=O) groups excluding carboxylic acids is 1. The van der Waals surface area contributed by atoms with Gasteiger partial charge in [-0.25, -0.2) is 8.42 Å². The molecule has 2 heterocycles. The number of piperidine rings is 1. The third-order valence-corrected chi connectivity index (χ3v) is 8.26. The van der Waals surface area contributed by atoms with E-state index in [1.165, 1.54) is 28.0 Å². The Morgan fingerprint density at radius 2 is 2.03 bits per heavy atom.